The molecule has 1 saturated carbocycles. The molecule has 0 bridgehead atoms. The summed E-state index contributed by atoms with van der Waals surface area (Å²) in [7, 11) is 0. The number of carbonyl (C=O) groups excluding carboxylic acids is 1. The van der Waals surface area contributed by atoms with Crippen LogP contribution in [0.15, 0.2) is 36.3 Å². The van der Waals surface area contributed by atoms with Crippen molar-refractivity contribution in [3.8, 4) is 11.5 Å². The van der Waals surface area contributed by atoms with Gasteiger partial charge in [-0.05, 0) is 60.7 Å². The summed E-state index contributed by atoms with van der Waals surface area (Å²) >= 11 is 0. The van der Waals surface area contributed by atoms with Crippen LogP contribution in [0.4, 0.5) is 13.2 Å². The Bertz CT molecular complexity index is 1750. The molecule has 1 fully saturated rings. The van der Waals surface area contributed by atoms with E-state index in [0.29, 0.717) is 6.42 Å². The number of fused-ring (bicyclic) bond motifs is 2. The van der Waals surface area contributed by atoms with E-state index >= 15 is 4.39 Å². The zero-order valence-electron chi connectivity index (χ0n) is 28.3. The van der Waals surface area contributed by atoms with Crippen LogP contribution in [-0.4, -0.2) is 39.5 Å². The number of alkyl halides is 2. The largest absolute Gasteiger partial charge is 0.586 e. The van der Waals surface area contributed by atoms with Crippen molar-refractivity contribution >= 4 is 16.7 Å². The minimum absolute atomic E-state index is 0.0968. The number of benzene rings is 2. The average Bonchev–Trinajstić information content (AvgIpc) is 3.51. The van der Waals surface area contributed by atoms with Gasteiger partial charge in [0.25, 0.3) is 0 Å². The van der Waals surface area contributed by atoms with Crippen LogP contribution >= 0.6 is 0 Å². The van der Waals surface area contributed by atoms with Crippen LogP contribution in [0.1, 0.15) is 67.8 Å². The van der Waals surface area contributed by atoms with Crippen molar-refractivity contribution in [3.63, 3.8) is 0 Å². The Labute approximate surface area is 223 Å². The molecular formula is C28H30F3NO5. The van der Waals surface area contributed by atoms with Crippen molar-refractivity contribution in [2.45, 2.75) is 76.2 Å². The highest BCUT2D eigenvalue weighted by molar-refractivity contribution is 5.95. The van der Waals surface area contributed by atoms with Crippen molar-refractivity contribution in [3.05, 3.63) is 59.0 Å². The van der Waals surface area contributed by atoms with Crippen molar-refractivity contribution in [1.29, 1.82) is 0 Å². The fourth-order valence-electron chi connectivity index (χ4n) is 4.50. The van der Waals surface area contributed by atoms with Crippen molar-refractivity contribution < 1.29 is 48.6 Å². The van der Waals surface area contributed by atoms with Gasteiger partial charge < -0.3 is 24.3 Å². The summed E-state index contributed by atoms with van der Waals surface area (Å²) in [4.78, 5) is 13.7. The van der Waals surface area contributed by atoms with Gasteiger partial charge in [0, 0.05) is 22.9 Å². The molecule has 1 atom stereocenters. The molecule has 1 aliphatic carbocycles. The quantitative estimate of drug-likeness (QED) is 0.412. The van der Waals surface area contributed by atoms with Crippen LogP contribution in [0.3, 0.4) is 0 Å². The summed E-state index contributed by atoms with van der Waals surface area (Å²) in [6, 6.07) is 1.40. The maximum atomic E-state index is 15.7. The molecule has 0 unspecified atom stereocenters. The van der Waals surface area contributed by atoms with E-state index in [4.69, 9.17) is 11.0 Å². The lowest BCUT2D eigenvalue weighted by molar-refractivity contribution is -0.286. The molecule has 1 aromatic heterocycles. The van der Waals surface area contributed by atoms with E-state index in [-0.39, 0.29) is 40.6 Å². The van der Waals surface area contributed by atoms with E-state index in [1.54, 1.807) is 20.8 Å². The topological polar surface area (TPSA) is 80.9 Å². The third-order valence-corrected chi connectivity index (χ3v) is 7.17. The first-order valence-electron chi connectivity index (χ1n) is 15.7. The number of ketones is 1. The summed E-state index contributed by atoms with van der Waals surface area (Å²) in [6.07, 6.45) is -7.92. The molecule has 198 valence electrons. The number of nitrogens with zero attached hydrogens (tertiary/aromatic N) is 1. The number of aliphatic hydroxyl groups is 2. The van der Waals surface area contributed by atoms with Crippen LogP contribution in [0.5, 0.6) is 11.5 Å². The first-order valence-corrected chi connectivity index (χ1v) is 11.7. The lowest BCUT2D eigenvalue weighted by Gasteiger charge is -2.26. The Morgan fingerprint density at radius 1 is 1.27 bits per heavy atom. The number of hydrogen-bond acceptors (Lipinski definition) is 5. The summed E-state index contributed by atoms with van der Waals surface area (Å²) in [5.74, 6) is -3.23. The lowest BCUT2D eigenvalue weighted by atomic mass is 9.86. The van der Waals surface area contributed by atoms with Gasteiger partial charge in [0.15, 0.2) is 11.5 Å². The highest BCUT2D eigenvalue weighted by Crippen LogP contribution is 2.52. The molecule has 6 nitrogen and oxygen atoms in total. The van der Waals surface area contributed by atoms with Gasteiger partial charge in [0.05, 0.1) is 41.0 Å². The minimum atomic E-state index is -4.16. The molecule has 9 heteroatoms. The molecule has 3 aromatic rings. The van der Waals surface area contributed by atoms with Gasteiger partial charge in [-0.2, -0.15) is 0 Å². The molecule has 0 amide bonds. The fraction of sp³-hybridized carbons (Fsp3) is 0.464. The number of carbonyl (C=O) groups is 1. The van der Waals surface area contributed by atoms with Gasteiger partial charge in [-0.15, -0.1) is 8.78 Å². The SMILES string of the molecule is [2H]c1c([2H])c(C2(C(=O)Cc3cc4cc(C(C)(C)CC)n(C([2H])([2H])[C@]([2H])(O)C([2H])([2H])O)c4cc3F)CC2)c([2H])c2c1OC(F)(F)O2. The molecule has 1 aliphatic heterocycles. The Hall–Kier alpha value is -3.04. The molecule has 2 aliphatic rings. The van der Waals surface area contributed by atoms with E-state index in [0.717, 1.165) is 10.6 Å². The second kappa shape index (κ2) is 8.77. The maximum absolute atomic E-state index is 15.7. The number of rotatable bonds is 9. The van der Waals surface area contributed by atoms with Crippen LogP contribution in [0.25, 0.3) is 10.9 Å². The average molecular weight is 526 g/mol. The van der Waals surface area contributed by atoms with Crippen LogP contribution in [-0.2, 0) is 28.5 Å². The third kappa shape index (κ3) is 4.48. The fourth-order valence-corrected chi connectivity index (χ4v) is 4.50. The Balaban J connectivity index is 1.60. The van der Waals surface area contributed by atoms with Gasteiger partial charge in [-0.3, -0.25) is 4.79 Å². The van der Waals surface area contributed by atoms with E-state index in [1.165, 1.54) is 12.1 Å². The van der Waals surface area contributed by atoms with Crippen LogP contribution < -0.4 is 9.47 Å². The predicted octanol–water partition coefficient (Wildman–Crippen LogP) is 4.99. The van der Waals surface area contributed by atoms with Gasteiger partial charge in [-0.1, -0.05) is 26.8 Å². The molecular weight excluding hydrogens is 487 g/mol. The summed E-state index contributed by atoms with van der Waals surface area (Å²) in [5.41, 5.74) is -2.95. The van der Waals surface area contributed by atoms with Gasteiger partial charge in [-0.25, -0.2) is 4.39 Å². The number of aromatic nitrogens is 1. The molecule has 0 spiro atoms. The second-order valence-corrected chi connectivity index (χ2v) is 9.93. The predicted molar refractivity (Wildman–Crippen MR) is 131 cm³/mol. The maximum Gasteiger partial charge on any atom is 0.586 e. The third-order valence-electron chi connectivity index (χ3n) is 7.17. The first-order chi connectivity index (χ1) is 20.4. The van der Waals surface area contributed by atoms with Crippen LogP contribution in [0, 0.1) is 5.82 Å². The highest BCUT2D eigenvalue weighted by atomic mass is 19.3. The highest BCUT2D eigenvalue weighted by Gasteiger charge is 2.52. The number of halogens is 3. The first kappa shape index (κ1) is 17.5. The standard InChI is InChI=1S/C28H30F3NO5/c1-4-26(2,3)24-10-17-9-16(20(29)13-21(17)32(24)14-19(34)15-33)11-25(35)27(7-8-27)18-5-6-22-23(12-18)37-28(30,31)36-22/h5-6,9-10,12-13,19,33-34H,4,7-8,11,14-15H2,1-3H3/t19-/m0/s1/i5D,6D,12D,14D2,15D2,19D. The van der Waals surface area contributed by atoms with Gasteiger partial charge in [0.1, 0.15) is 11.6 Å². The normalized spacial score (nSPS) is 23.0. The van der Waals surface area contributed by atoms with E-state index in [2.05, 4.69) is 9.47 Å². The monoisotopic (exact) mass is 525 g/mol. The van der Waals surface area contributed by atoms with E-state index in [9.17, 15) is 23.8 Å². The van der Waals surface area contributed by atoms with Crippen molar-refractivity contribution in [1.82, 2.24) is 4.57 Å². The Kier molecular flexibility index (Phi) is 4.14. The summed E-state index contributed by atoms with van der Waals surface area (Å²) in [5, 5.41) is 20.6. The molecule has 2 N–H and O–H groups in total. The smallest absolute Gasteiger partial charge is 0.395 e. The number of hydrogen-bond donors (Lipinski definition) is 2. The molecule has 2 aromatic carbocycles. The van der Waals surface area contributed by atoms with Gasteiger partial charge >= 0.3 is 6.29 Å². The second-order valence-electron chi connectivity index (χ2n) is 9.93. The Morgan fingerprint density at radius 2 is 1.97 bits per heavy atom. The summed E-state index contributed by atoms with van der Waals surface area (Å²) < 4.78 is 118. The molecule has 2 heterocycles. The molecule has 0 saturated heterocycles. The zero-order chi connectivity index (χ0) is 33.9. The minimum Gasteiger partial charge on any atom is -0.395 e. The van der Waals surface area contributed by atoms with Crippen molar-refractivity contribution in [2.24, 2.45) is 0 Å². The zero-order valence-corrected chi connectivity index (χ0v) is 20.3. The molecule has 5 rings (SSSR count). The number of ether oxygens (including phenoxy) is 2. The molecule has 37 heavy (non-hydrogen) atoms. The molecule has 0 radical (unpaired) electrons. The number of Topliss-reactive ketones (excluding diaryl/α,β-unsaturated/α-hetero) is 1. The lowest BCUT2D eigenvalue weighted by Crippen LogP contribution is -2.26. The van der Waals surface area contributed by atoms with Gasteiger partial charge in [0.2, 0.25) is 0 Å². The van der Waals surface area contributed by atoms with E-state index in [1.807, 2.05) is 0 Å². The van der Waals surface area contributed by atoms with Crippen LogP contribution in [0.2, 0.25) is 0 Å². The van der Waals surface area contributed by atoms with E-state index < -0.39 is 83.9 Å². The van der Waals surface area contributed by atoms with Crippen molar-refractivity contribution in [2.75, 3.05) is 6.56 Å². The summed E-state index contributed by atoms with van der Waals surface area (Å²) in [6.45, 7) is -1.88. The Morgan fingerprint density at radius 3 is 2.62 bits per heavy atom.